The topological polar surface area (TPSA) is 99.8 Å². The summed E-state index contributed by atoms with van der Waals surface area (Å²) in [6.45, 7) is 1.99. The summed E-state index contributed by atoms with van der Waals surface area (Å²) in [6.07, 6.45) is 1.89. The molecule has 4 amide bonds. The fraction of sp³-hybridized carbons (Fsp3) is 0.435. The number of amides is 4. The molecule has 33 heavy (non-hydrogen) atoms. The van der Waals surface area contributed by atoms with Crippen molar-refractivity contribution in [1.82, 2.24) is 15.5 Å². The Labute approximate surface area is 202 Å². The summed E-state index contributed by atoms with van der Waals surface area (Å²) in [7, 11) is 1.61. The van der Waals surface area contributed by atoms with Gasteiger partial charge in [0.25, 0.3) is 5.91 Å². The van der Waals surface area contributed by atoms with Gasteiger partial charge in [-0.3, -0.25) is 9.59 Å². The van der Waals surface area contributed by atoms with Crippen molar-refractivity contribution in [3.05, 3.63) is 51.7 Å². The van der Waals surface area contributed by atoms with Crippen molar-refractivity contribution in [2.45, 2.75) is 25.3 Å². The van der Waals surface area contributed by atoms with Crippen LogP contribution in [0.3, 0.4) is 0 Å². The Bertz CT molecular complexity index is 932. The SMILES string of the molecule is COCCCNC(=O)[C@H](NC(=O)c1cccs1)C1CCN(C(=O)Nc2cccc(Cl)c2)CC1. The number of nitrogens with zero attached hydrogens (tertiary/aromatic N) is 1. The molecule has 0 aliphatic carbocycles. The maximum absolute atomic E-state index is 12.9. The third-order valence-corrected chi connectivity index (χ3v) is 6.62. The van der Waals surface area contributed by atoms with Crippen LogP contribution in [0.2, 0.25) is 5.02 Å². The smallest absolute Gasteiger partial charge is 0.321 e. The number of halogens is 1. The Kier molecular flexibility index (Phi) is 9.53. The van der Waals surface area contributed by atoms with E-state index < -0.39 is 6.04 Å². The van der Waals surface area contributed by atoms with Crippen molar-refractivity contribution in [3.63, 3.8) is 0 Å². The maximum atomic E-state index is 12.9. The van der Waals surface area contributed by atoms with Crippen LogP contribution in [0.5, 0.6) is 0 Å². The molecule has 10 heteroatoms. The Hall–Kier alpha value is -2.62. The lowest BCUT2D eigenvalue weighted by Crippen LogP contribution is -2.54. The largest absolute Gasteiger partial charge is 0.385 e. The second kappa shape index (κ2) is 12.6. The van der Waals surface area contributed by atoms with E-state index in [1.165, 1.54) is 11.3 Å². The van der Waals surface area contributed by atoms with Gasteiger partial charge in [0.1, 0.15) is 6.04 Å². The van der Waals surface area contributed by atoms with Gasteiger partial charge >= 0.3 is 6.03 Å². The third kappa shape index (κ3) is 7.45. The second-order valence-electron chi connectivity index (χ2n) is 7.83. The number of rotatable bonds is 9. The number of thiophene rings is 1. The summed E-state index contributed by atoms with van der Waals surface area (Å²) in [5.74, 6) is -0.549. The van der Waals surface area contributed by atoms with Crippen molar-refractivity contribution in [1.29, 1.82) is 0 Å². The molecule has 2 heterocycles. The fourth-order valence-corrected chi connectivity index (χ4v) is 4.58. The van der Waals surface area contributed by atoms with Gasteiger partial charge in [0.05, 0.1) is 4.88 Å². The Morgan fingerprint density at radius 1 is 1.21 bits per heavy atom. The average molecular weight is 493 g/mol. The molecule has 0 unspecified atom stereocenters. The fourth-order valence-electron chi connectivity index (χ4n) is 3.76. The highest BCUT2D eigenvalue weighted by atomic mass is 35.5. The van der Waals surface area contributed by atoms with Crippen LogP contribution in [0.25, 0.3) is 0 Å². The molecule has 8 nitrogen and oxygen atoms in total. The molecular weight excluding hydrogens is 464 g/mol. The van der Waals surface area contributed by atoms with E-state index in [-0.39, 0.29) is 23.8 Å². The minimum absolute atomic E-state index is 0.0773. The lowest BCUT2D eigenvalue weighted by molar-refractivity contribution is -0.124. The molecule has 0 bridgehead atoms. The monoisotopic (exact) mass is 492 g/mol. The van der Waals surface area contributed by atoms with E-state index in [1.54, 1.807) is 48.4 Å². The first-order chi connectivity index (χ1) is 16.0. The van der Waals surface area contributed by atoms with Crippen LogP contribution in [-0.4, -0.2) is 62.1 Å². The van der Waals surface area contributed by atoms with Crippen LogP contribution in [0.15, 0.2) is 41.8 Å². The van der Waals surface area contributed by atoms with E-state index in [2.05, 4.69) is 16.0 Å². The zero-order valence-electron chi connectivity index (χ0n) is 18.5. The molecule has 1 atom stereocenters. The molecule has 3 rings (SSSR count). The highest BCUT2D eigenvalue weighted by Gasteiger charge is 2.34. The van der Waals surface area contributed by atoms with Crippen LogP contribution in [-0.2, 0) is 9.53 Å². The number of likely N-dealkylation sites (tertiary alicyclic amines) is 1. The van der Waals surface area contributed by atoms with Crippen LogP contribution in [0.4, 0.5) is 10.5 Å². The summed E-state index contributed by atoms with van der Waals surface area (Å²) in [5.41, 5.74) is 0.631. The molecule has 1 fully saturated rings. The van der Waals surface area contributed by atoms with Crippen molar-refractivity contribution in [2.75, 3.05) is 38.7 Å². The van der Waals surface area contributed by atoms with Crippen molar-refractivity contribution in [3.8, 4) is 0 Å². The van der Waals surface area contributed by atoms with Crippen LogP contribution in [0, 0.1) is 5.92 Å². The molecule has 1 aromatic heterocycles. The van der Waals surface area contributed by atoms with E-state index in [4.69, 9.17) is 16.3 Å². The molecule has 3 N–H and O–H groups in total. The van der Waals surface area contributed by atoms with E-state index in [1.807, 2.05) is 5.38 Å². The predicted octanol–water partition coefficient (Wildman–Crippen LogP) is 3.60. The van der Waals surface area contributed by atoms with Gasteiger partial charge in [-0.05, 0) is 54.8 Å². The first-order valence-electron chi connectivity index (χ1n) is 10.9. The molecule has 0 spiro atoms. The number of carbonyl (C=O) groups is 3. The van der Waals surface area contributed by atoms with Crippen molar-refractivity contribution in [2.24, 2.45) is 5.92 Å². The van der Waals surface area contributed by atoms with Crippen LogP contribution in [0.1, 0.15) is 28.9 Å². The van der Waals surface area contributed by atoms with Crippen molar-refractivity contribution >= 4 is 46.5 Å². The second-order valence-corrected chi connectivity index (χ2v) is 9.21. The third-order valence-electron chi connectivity index (χ3n) is 5.51. The van der Waals surface area contributed by atoms with Gasteiger partial charge in [-0.15, -0.1) is 11.3 Å². The minimum atomic E-state index is -0.666. The van der Waals surface area contributed by atoms with Gasteiger partial charge in [-0.2, -0.15) is 0 Å². The van der Waals surface area contributed by atoms with E-state index in [0.29, 0.717) is 61.1 Å². The van der Waals surface area contributed by atoms with Gasteiger partial charge < -0.3 is 25.6 Å². The van der Waals surface area contributed by atoms with Crippen molar-refractivity contribution < 1.29 is 19.1 Å². The average Bonchev–Trinajstić information content (AvgIpc) is 3.35. The lowest BCUT2D eigenvalue weighted by atomic mass is 9.88. The van der Waals surface area contributed by atoms with E-state index in [0.717, 1.165) is 0 Å². The number of urea groups is 1. The van der Waals surface area contributed by atoms with Gasteiger partial charge in [-0.25, -0.2) is 4.79 Å². The highest BCUT2D eigenvalue weighted by molar-refractivity contribution is 7.12. The zero-order chi connectivity index (χ0) is 23.6. The summed E-state index contributed by atoms with van der Waals surface area (Å²) < 4.78 is 5.03. The first-order valence-corrected chi connectivity index (χ1v) is 12.2. The number of nitrogens with one attached hydrogen (secondary N) is 3. The molecule has 0 radical (unpaired) electrons. The number of benzene rings is 1. The number of ether oxygens (including phenoxy) is 1. The zero-order valence-corrected chi connectivity index (χ0v) is 20.1. The predicted molar refractivity (Wildman–Crippen MR) is 130 cm³/mol. The standard InChI is InChI=1S/C23H29ClN4O4S/c1-32-13-4-10-25-22(30)20(27-21(29)19-7-3-14-33-19)16-8-11-28(12-9-16)23(31)26-18-6-2-5-17(24)15-18/h2-3,5-7,14-16,20H,4,8-13H2,1H3,(H,25,30)(H,26,31)(H,27,29)/t20-/m1/s1. The number of hydrogen-bond acceptors (Lipinski definition) is 5. The maximum Gasteiger partial charge on any atom is 0.321 e. The number of carbonyl (C=O) groups excluding carboxylic acids is 3. The number of methoxy groups -OCH3 is 1. The lowest BCUT2D eigenvalue weighted by Gasteiger charge is -2.35. The number of hydrogen-bond donors (Lipinski definition) is 3. The minimum Gasteiger partial charge on any atom is -0.385 e. The Morgan fingerprint density at radius 3 is 2.67 bits per heavy atom. The summed E-state index contributed by atoms with van der Waals surface area (Å²) >= 11 is 7.32. The van der Waals surface area contributed by atoms with Gasteiger partial charge in [0, 0.05) is 44.1 Å². The first kappa shape index (κ1) is 25.0. The summed E-state index contributed by atoms with van der Waals surface area (Å²) in [6, 6.07) is 9.65. The Balaban J connectivity index is 1.59. The van der Waals surface area contributed by atoms with Gasteiger partial charge in [0.2, 0.25) is 5.91 Å². The molecule has 1 aliphatic heterocycles. The molecule has 2 aromatic rings. The quantitative estimate of drug-likeness (QED) is 0.466. The molecule has 1 aliphatic rings. The number of piperidine rings is 1. The highest BCUT2D eigenvalue weighted by Crippen LogP contribution is 2.23. The molecule has 178 valence electrons. The normalized spacial score (nSPS) is 15.0. The molecular formula is C23H29ClN4O4S. The molecule has 1 saturated heterocycles. The van der Waals surface area contributed by atoms with Gasteiger partial charge in [-0.1, -0.05) is 23.7 Å². The Morgan fingerprint density at radius 2 is 2.00 bits per heavy atom. The molecule has 1 aromatic carbocycles. The van der Waals surface area contributed by atoms with Crippen LogP contribution >= 0.6 is 22.9 Å². The summed E-state index contributed by atoms with van der Waals surface area (Å²) in [4.78, 5) is 40.5. The number of anilines is 1. The van der Waals surface area contributed by atoms with E-state index in [9.17, 15) is 14.4 Å². The summed E-state index contributed by atoms with van der Waals surface area (Å²) in [5, 5.41) is 11.0. The van der Waals surface area contributed by atoms with Gasteiger partial charge in [0.15, 0.2) is 0 Å². The van der Waals surface area contributed by atoms with E-state index >= 15 is 0 Å². The molecule has 0 saturated carbocycles. The van der Waals surface area contributed by atoms with Crippen LogP contribution < -0.4 is 16.0 Å².